The van der Waals surface area contributed by atoms with Crippen molar-refractivity contribution >= 4 is 10.0 Å². The first-order chi connectivity index (χ1) is 7.59. The van der Waals surface area contributed by atoms with Gasteiger partial charge in [-0.3, -0.25) is 0 Å². The van der Waals surface area contributed by atoms with E-state index in [-0.39, 0.29) is 5.25 Å². The molecule has 0 saturated carbocycles. The molecule has 1 saturated heterocycles. The van der Waals surface area contributed by atoms with E-state index in [4.69, 9.17) is 4.74 Å². The number of hydrogen-bond acceptors (Lipinski definition) is 4. The Labute approximate surface area is 98.2 Å². The zero-order valence-corrected chi connectivity index (χ0v) is 10.9. The summed E-state index contributed by atoms with van der Waals surface area (Å²) in [5.41, 5.74) is 0. The van der Waals surface area contributed by atoms with Crippen LogP contribution in [0.2, 0.25) is 0 Å². The predicted octanol–water partition coefficient (Wildman–Crippen LogP) is 0.0365. The largest absolute Gasteiger partial charge is 0.385 e. The number of nitrogens with zero attached hydrogens (tertiary/aromatic N) is 1. The molecule has 0 aromatic carbocycles. The molecule has 0 spiro atoms. The van der Waals surface area contributed by atoms with Crippen molar-refractivity contribution in [3.8, 4) is 0 Å². The van der Waals surface area contributed by atoms with E-state index in [1.165, 1.54) is 4.31 Å². The highest BCUT2D eigenvalue weighted by Crippen LogP contribution is 2.16. The van der Waals surface area contributed by atoms with Crippen LogP contribution >= 0.6 is 0 Å². The van der Waals surface area contributed by atoms with Crippen LogP contribution in [0.1, 0.15) is 19.3 Å². The summed E-state index contributed by atoms with van der Waals surface area (Å²) in [6, 6.07) is 0. The molecule has 1 aliphatic rings. The van der Waals surface area contributed by atoms with Gasteiger partial charge >= 0.3 is 0 Å². The summed E-state index contributed by atoms with van der Waals surface area (Å²) >= 11 is 0. The van der Waals surface area contributed by atoms with Crippen molar-refractivity contribution < 1.29 is 13.2 Å². The normalized spacial score (nSPS) is 19.2. The summed E-state index contributed by atoms with van der Waals surface area (Å²) < 4.78 is 30.7. The van der Waals surface area contributed by atoms with E-state index in [0.717, 1.165) is 32.4 Å². The molecule has 96 valence electrons. The average molecular weight is 250 g/mol. The van der Waals surface area contributed by atoms with Gasteiger partial charge in [0.1, 0.15) is 0 Å². The maximum absolute atomic E-state index is 12.1. The molecule has 0 unspecified atom stereocenters. The van der Waals surface area contributed by atoms with Gasteiger partial charge in [-0.1, -0.05) is 0 Å². The Hall–Kier alpha value is -0.170. The van der Waals surface area contributed by atoms with Crippen molar-refractivity contribution in [1.82, 2.24) is 9.62 Å². The lowest BCUT2D eigenvalue weighted by Crippen LogP contribution is -2.42. The van der Waals surface area contributed by atoms with Gasteiger partial charge in [-0.25, -0.2) is 12.7 Å². The van der Waals surface area contributed by atoms with E-state index in [1.54, 1.807) is 14.2 Å². The Kier molecular flexibility index (Phi) is 5.68. The van der Waals surface area contributed by atoms with Gasteiger partial charge in [-0.05, 0) is 32.4 Å². The van der Waals surface area contributed by atoms with Gasteiger partial charge in [0.25, 0.3) is 0 Å². The second kappa shape index (κ2) is 6.54. The summed E-state index contributed by atoms with van der Waals surface area (Å²) in [5.74, 6) is 0. The molecule has 0 aromatic rings. The molecule has 0 radical (unpaired) electrons. The van der Waals surface area contributed by atoms with E-state index in [2.05, 4.69) is 5.32 Å². The SMILES string of the molecule is COCCCN(C)S(=O)(=O)C1CCNCC1. The summed E-state index contributed by atoms with van der Waals surface area (Å²) in [5, 5.41) is 2.97. The molecule has 0 bridgehead atoms. The molecule has 1 N–H and O–H groups in total. The zero-order valence-electron chi connectivity index (χ0n) is 10.1. The molecular weight excluding hydrogens is 228 g/mol. The van der Waals surface area contributed by atoms with Crippen molar-refractivity contribution in [3.63, 3.8) is 0 Å². The Morgan fingerprint density at radius 3 is 2.56 bits per heavy atom. The Balaban J connectivity index is 2.47. The number of rotatable bonds is 6. The lowest BCUT2D eigenvalue weighted by molar-refractivity contribution is 0.189. The number of hydrogen-bond donors (Lipinski definition) is 1. The Morgan fingerprint density at radius 1 is 1.38 bits per heavy atom. The minimum atomic E-state index is -3.10. The number of nitrogens with one attached hydrogen (secondary N) is 1. The van der Waals surface area contributed by atoms with Crippen molar-refractivity contribution in [2.24, 2.45) is 0 Å². The highest BCUT2D eigenvalue weighted by Gasteiger charge is 2.30. The quantitative estimate of drug-likeness (QED) is 0.676. The van der Waals surface area contributed by atoms with Crippen LogP contribution in [-0.4, -0.2) is 58.4 Å². The molecule has 5 nitrogen and oxygen atoms in total. The highest BCUT2D eigenvalue weighted by molar-refractivity contribution is 7.89. The van der Waals surface area contributed by atoms with Gasteiger partial charge in [0.15, 0.2) is 0 Å². The highest BCUT2D eigenvalue weighted by atomic mass is 32.2. The van der Waals surface area contributed by atoms with Gasteiger partial charge in [-0.2, -0.15) is 0 Å². The zero-order chi connectivity index (χ0) is 12.0. The number of piperidine rings is 1. The molecule has 1 rings (SSSR count). The minimum absolute atomic E-state index is 0.207. The third kappa shape index (κ3) is 3.69. The van der Waals surface area contributed by atoms with Crippen LogP contribution in [0.3, 0.4) is 0 Å². The fourth-order valence-corrected chi connectivity index (χ4v) is 3.63. The maximum atomic E-state index is 12.1. The summed E-state index contributed by atoms with van der Waals surface area (Å²) in [7, 11) is 0.181. The van der Waals surface area contributed by atoms with Crippen LogP contribution < -0.4 is 5.32 Å². The lowest BCUT2D eigenvalue weighted by atomic mass is 10.2. The molecule has 0 atom stereocenters. The third-order valence-corrected chi connectivity index (χ3v) is 5.33. The summed E-state index contributed by atoms with van der Waals surface area (Å²) in [4.78, 5) is 0. The monoisotopic (exact) mass is 250 g/mol. The van der Waals surface area contributed by atoms with Crippen LogP contribution in [0, 0.1) is 0 Å². The Morgan fingerprint density at radius 2 is 2.00 bits per heavy atom. The van der Waals surface area contributed by atoms with Gasteiger partial charge in [0.05, 0.1) is 5.25 Å². The van der Waals surface area contributed by atoms with Gasteiger partial charge in [-0.15, -0.1) is 0 Å². The van der Waals surface area contributed by atoms with Crippen molar-refractivity contribution in [2.45, 2.75) is 24.5 Å². The summed E-state index contributed by atoms with van der Waals surface area (Å²) in [6.07, 6.45) is 2.19. The van der Waals surface area contributed by atoms with Crippen LogP contribution in [0.15, 0.2) is 0 Å². The first kappa shape index (κ1) is 13.9. The average Bonchev–Trinajstić information content (AvgIpc) is 2.30. The topological polar surface area (TPSA) is 58.6 Å². The fraction of sp³-hybridized carbons (Fsp3) is 1.00. The second-order valence-electron chi connectivity index (χ2n) is 4.16. The second-order valence-corrected chi connectivity index (χ2v) is 6.48. The van der Waals surface area contributed by atoms with Crippen LogP contribution in [0.25, 0.3) is 0 Å². The van der Waals surface area contributed by atoms with E-state index in [0.29, 0.717) is 13.2 Å². The van der Waals surface area contributed by atoms with Gasteiger partial charge in [0, 0.05) is 27.3 Å². The van der Waals surface area contributed by atoms with E-state index < -0.39 is 10.0 Å². The van der Waals surface area contributed by atoms with Crippen molar-refractivity contribution in [3.05, 3.63) is 0 Å². The van der Waals surface area contributed by atoms with Crippen LogP contribution in [0.4, 0.5) is 0 Å². The first-order valence-corrected chi connectivity index (χ1v) is 7.24. The predicted molar refractivity (Wildman–Crippen MR) is 63.9 cm³/mol. The van der Waals surface area contributed by atoms with Crippen molar-refractivity contribution in [1.29, 1.82) is 0 Å². The van der Waals surface area contributed by atoms with E-state index in [9.17, 15) is 8.42 Å². The smallest absolute Gasteiger partial charge is 0.216 e. The molecule has 0 aromatic heterocycles. The first-order valence-electron chi connectivity index (χ1n) is 5.74. The Bertz CT molecular complexity index is 286. The van der Waals surface area contributed by atoms with Crippen LogP contribution in [0.5, 0.6) is 0 Å². The third-order valence-electron chi connectivity index (χ3n) is 2.96. The van der Waals surface area contributed by atoms with Gasteiger partial charge in [0.2, 0.25) is 10.0 Å². The van der Waals surface area contributed by atoms with E-state index in [1.807, 2.05) is 0 Å². The summed E-state index contributed by atoms with van der Waals surface area (Å²) in [6.45, 7) is 2.75. The molecule has 6 heteroatoms. The maximum Gasteiger partial charge on any atom is 0.216 e. The molecule has 1 heterocycles. The molecule has 1 fully saturated rings. The minimum Gasteiger partial charge on any atom is -0.385 e. The molecule has 0 aliphatic carbocycles. The number of sulfonamides is 1. The molecule has 0 amide bonds. The van der Waals surface area contributed by atoms with Gasteiger partial charge < -0.3 is 10.1 Å². The fourth-order valence-electron chi connectivity index (χ4n) is 1.91. The van der Waals surface area contributed by atoms with E-state index >= 15 is 0 Å². The molecular formula is C10H22N2O3S. The standard InChI is InChI=1S/C10H22N2O3S/c1-12(8-3-9-15-2)16(13,14)10-4-6-11-7-5-10/h10-11H,3-9H2,1-2H3. The molecule has 1 aliphatic heterocycles. The number of methoxy groups -OCH3 is 1. The lowest BCUT2D eigenvalue weighted by Gasteiger charge is -2.27. The van der Waals surface area contributed by atoms with Crippen molar-refractivity contribution in [2.75, 3.05) is 40.4 Å². The molecule has 16 heavy (non-hydrogen) atoms. The number of ether oxygens (including phenoxy) is 1. The van der Waals surface area contributed by atoms with Crippen LogP contribution in [-0.2, 0) is 14.8 Å².